The molecule has 186 valence electrons. The van der Waals surface area contributed by atoms with Gasteiger partial charge in [-0.15, -0.1) is 0 Å². The first kappa shape index (κ1) is 23.4. The molecule has 2 N–H and O–H groups in total. The van der Waals surface area contributed by atoms with Crippen molar-refractivity contribution in [3.8, 4) is 5.75 Å². The van der Waals surface area contributed by atoms with E-state index in [0.717, 1.165) is 37.3 Å². The summed E-state index contributed by atoms with van der Waals surface area (Å²) in [5.41, 5.74) is 3.74. The van der Waals surface area contributed by atoms with Crippen LogP contribution in [0.15, 0.2) is 72.8 Å². The summed E-state index contributed by atoms with van der Waals surface area (Å²) < 4.78 is 6.13. The summed E-state index contributed by atoms with van der Waals surface area (Å²) in [5.74, 6) is 1.17. The molecular formula is C31H32ClNO3. The van der Waals surface area contributed by atoms with E-state index in [1.807, 2.05) is 12.1 Å². The standard InChI is InChI=1S/C31H32ClNO3/c32-24-7-4-8-25(19-24)33-31(29(34)35)15-13-30(14-16-31)27-10-2-1-5-23(27)18-28(30)22-6-3-9-26(17-22)36-20-21-11-12-21/h1-10,17,19,21,28,33H,11-16,18,20H2,(H,34,35). The van der Waals surface area contributed by atoms with Crippen LogP contribution in [-0.4, -0.2) is 23.2 Å². The summed E-state index contributed by atoms with van der Waals surface area (Å²) in [4.78, 5) is 12.6. The zero-order valence-corrected chi connectivity index (χ0v) is 21.1. The molecule has 3 aliphatic carbocycles. The van der Waals surface area contributed by atoms with Crippen molar-refractivity contribution in [3.05, 3.63) is 94.5 Å². The van der Waals surface area contributed by atoms with Gasteiger partial charge in [-0.25, -0.2) is 4.79 Å². The minimum atomic E-state index is -1.01. The zero-order valence-electron chi connectivity index (χ0n) is 20.4. The first-order valence-electron chi connectivity index (χ1n) is 13.1. The summed E-state index contributed by atoms with van der Waals surface area (Å²) in [7, 11) is 0. The third-order valence-corrected chi connectivity index (χ3v) is 8.94. The van der Waals surface area contributed by atoms with Crippen LogP contribution in [0.1, 0.15) is 61.1 Å². The number of anilines is 1. The second kappa shape index (κ2) is 9.15. The fraction of sp³-hybridized carbons (Fsp3) is 0.387. The van der Waals surface area contributed by atoms with E-state index in [9.17, 15) is 9.90 Å². The Bertz CT molecular complexity index is 1280. The Morgan fingerprint density at radius 2 is 1.75 bits per heavy atom. The number of carboxylic acids is 1. The van der Waals surface area contributed by atoms with E-state index in [0.29, 0.717) is 29.7 Å². The van der Waals surface area contributed by atoms with Crippen molar-refractivity contribution in [2.75, 3.05) is 11.9 Å². The minimum absolute atomic E-state index is 0.0827. The normalized spacial score (nSPS) is 27.0. The second-order valence-electron chi connectivity index (χ2n) is 10.9. The Kier molecular flexibility index (Phi) is 5.95. The fourth-order valence-corrected chi connectivity index (χ4v) is 6.71. The molecule has 2 saturated carbocycles. The molecule has 3 aromatic carbocycles. The van der Waals surface area contributed by atoms with E-state index in [1.54, 1.807) is 12.1 Å². The highest BCUT2D eigenvalue weighted by Crippen LogP contribution is 2.58. The Balaban J connectivity index is 1.31. The highest BCUT2D eigenvalue weighted by molar-refractivity contribution is 6.30. The SMILES string of the molecule is O=C(O)C1(Nc2cccc(Cl)c2)CCC2(CC1)c1ccccc1CC2c1cccc(OCC2CC2)c1. The molecule has 6 rings (SSSR count). The number of fused-ring (bicyclic) bond motifs is 2. The van der Waals surface area contributed by atoms with E-state index >= 15 is 0 Å². The van der Waals surface area contributed by atoms with Crippen LogP contribution >= 0.6 is 11.6 Å². The lowest BCUT2D eigenvalue weighted by atomic mass is 9.59. The van der Waals surface area contributed by atoms with Gasteiger partial charge in [-0.3, -0.25) is 0 Å². The summed E-state index contributed by atoms with van der Waals surface area (Å²) in [6, 6.07) is 24.7. The molecule has 0 aliphatic heterocycles. The van der Waals surface area contributed by atoms with Gasteiger partial charge in [0, 0.05) is 16.1 Å². The number of hydrogen-bond donors (Lipinski definition) is 2. The zero-order chi connectivity index (χ0) is 24.8. The summed E-state index contributed by atoms with van der Waals surface area (Å²) in [5, 5.41) is 14.3. The first-order valence-corrected chi connectivity index (χ1v) is 13.4. The molecule has 3 aromatic rings. The molecule has 2 fully saturated rings. The van der Waals surface area contributed by atoms with Crippen LogP contribution in [0, 0.1) is 5.92 Å². The Morgan fingerprint density at radius 1 is 0.972 bits per heavy atom. The second-order valence-corrected chi connectivity index (χ2v) is 11.4. The monoisotopic (exact) mass is 501 g/mol. The minimum Gasteiger partial charge on any atom is -0.493 e. The third kappa shape index (κ3) is 4.26. The van der Waals surface area contributed by atoms with Gasteiger partial charge in [-0.2, -0.15) is 0 Å². The molecule has 0 heterocycles. The van der Waals surface area contributed by atoms with Gasteiger partial charge in [0.2, 0.25) is 0 Å². The highest BCUT2D eigenvalue weighted by Gasteiger charge is 2.54. The molecule has 36 heavy (non-hydrogen) atoms. The largest absolute Gasteiger partial charge is 0.493 e. The number of hydrogen-bond acceptors (Lipinski definition) is 3. The maximum Gasteiger partial charge on any atom is 0.329 e. The van der Waals surface area contributed by atoms with Gasteiger partial charge in [-0.1, -0.05) is 54.1 Å². The van der Waals surface area contributed by atoms with Crippen LogP contribution < -0.4 is 10.1 Å². The number of ether oxygens (including phenoxy) is 1. The lowest BCUT2D eigenvalue weighted by Gasteiger charge is -2.47. The van der Waals surface area contributed by atoms with Crippen LogP contribution in [0.5, 0.6) is 5.75 Å². The maximum atomic E-state index is 12.6. The van der Waals surface area contributed by atoms with Gasteiger partial charge in [-0.05, 0) is 104 Å². The maximum absolute atomic E-state index is 12.6. The summed E-state index contributed by atoms with van der Waals surface area (Å²) >= 11 is 6.19. The van der Waals surface area contributed by atoms with E-state index in [1.165, 1.54) is 29.5 Å². The van der Waals surface area contributed by atoms with Crippen LogP contribution in [0.2, 0.25) is 5.02 Å². The quantitative estimate of drug-likeness (QED) is 0.359. The Morgan fingerprint density at radius 3 is 2.50 bits per heavy atom. The Labute approximate surface area is 217 Å². The van der Waals surface area contributed by atoms with Crippen molar-refractivity contribution in [1.82, 2.24) is 0 Å². The average molecular weight is 502 g/mol. The van der Waals surface area contributed by atoms with Crippen molar-refractivity contribution in [2.24, 2.45) is 5.92 Å². The van der Waals surface area contributed by atoms with Crippen LogP contribution in [-0.2, 0) is 16.6 Å². The summed E-state index contributed by atoms with van der Waals surface area (Å²) in [6.45, 7) is 0.801. The van der Waals surface area contributed by atoms with Crippen molar-refractivity contribution >= 4 is 23.3 Å². The number of rotatable bonds is 7. The van der Waals surface area contributed by atoms with Crippen LogP contribution in [0.4, 0.5) is 5.69 Å². The molecule has 0 bridgehead atoms. The van der Waals surface area contributed by atoms with Crippen molar-refractivity contribution in [2.45, 2.75) is 61.8 Å². The van der Waals surface area contributed by atoms with Gasteiger partial charge in [0.15, 0.2) is 0 Å². The van der Waals surface area contributed by atoms with E-state index in [-0.39, 0.29) is 5.41 Å². The Hall–Kier alpha value is -2.98. The number of aliphatic carboxylic acids is 1. The molecule has 1 atom stereocenters. The topological polar surface area (TPSA) is 58.6 Å². The molecule has 0 saturated heterocycles. The first-order chi connectivity index (χ1) is 17.5. The third-order valence-electron chi connectivity index (χ3n) is 8.70. The van der Waals surface area contributed by atoms with Gasteiger partial charge in [0.05, 0.1) is 6.61 Å². The van der Waals surface area contributed by atoms with E-state index in [2.05, 4.69) is 53.8 Å². The molecular weight excluding hydrogens is 470 g/mol. The van der Waals surface area contributed by atoms with Gasteiger partial charge < -0.3 is 15.2 Å². The number of nitrogens with one attached hydrogen (secondary N) is 1. The molecule has 0 aromatic heterocycles. The number of benzene rings is 3. The van der Waals surface area contributed by atoms with Crippen molar-refractivity contribution in [3.63, 3.8) is 0 Å². The predicted molar refractivity (Wildman–Crippen MR) is 143 cm³/mol. The summed E-state index contributed by atoms with van der Waals surface area (Å²) in [6.07, 6.45) is 6.24. The molecule has 0 amide bonds. The number of carboxylic acid groups (broad SMARTS) is 1. The van der Waals surface area contributed by atoms with E-state index < -0.39 is 11.5 Å². The molecule has 1 unspecified atom stereocenters. The molecule has 5 heteroatoms. The molecule has 0 radical (unpaired) electrons. The number of halogens is 1. The van der Waals surface area contributed by atoms with Gasteiger partial charge >= 0.3 is 5.97 Å². The lowest BCUT2D eigenvalue weighted by molar-refractivity contribution is -0.144. The van der Waals surface area contributed by atoms with E-state index in [4.69, 9.17) is 16.3 Å². The molecule has 3 aliphatic rings. The van der Waals surface area contributed by atoms with Crippen molar-refractivity contribution in [1.29, 1.82) is 0 Å². The van der Waals surface area contributed by atoms with Crippen LogP contribution in [0.3, 0.4) is 0 Å². The van der Waals surface area contributed by atoms with Crippen LogP contribution in [0.25, 0.3) is 0 Å². The average Bonchev–Trinajstić information content (AvgIpc) is 3.67. The highest BCUT2D eigenvalue weighted by atomic mass is 35.5. The molecule has 1 spiro atoms. The van der Waals surface area contributed by atoms with Crippen molar-refractivity contribution < 1.29 is 14.6 Å². The molecule has 4 nitrogen and oxygen atoms in total. The fourth-order valence-electron chi connectivity index (χ4n) is 6.52. The lowest BCUT2D eigenvalue weighted by Crippen LogP contribution is -2.52. The smallest absolute Gasteiger partial charge is 0.329 e. The number of carbonyl (C=O) groups is 1. The predicted octanol–water partition coefficient (Wildman–Crippen LogP) is 7.22. The van der Waals surface area contributed by atoms with Gasteiger partial charge in [0.1, 0.15) is 11.3 Å². The van der Waals surface area contributed by atoms with Gasteiger partial charge in [0.25, 0.3) is 0 Å².